The van der Waals surface area contributed by atoms with E-state index in [1.165, 1.54) is 25.9 Å². The summed E-state index contributed by atoms with van der Waals surface area (Å²) in [7, 11) is 4.27. The first-order valence-corrected chi connectivity index (χ1v) is 5.73. The van der Waals surface area contributed by atoms with Gasteiger partial charge in [0.2, 0.25) is 0 Å². The van der Waals surface area contributed by atoms with E-state index in [9.17, 15) is 0 Å². The Morgan fingerprint density at radius 1 is 1.29 bits per heavy atom. The van der Waals surface area contributed by atoms with E-state index in [1.807, 2.05) is 7.05 Å². The predicted molar refractivity (Wildman–Crippen MR) is 57.4 cm³/mol. The Bertz CT molecular complexity index is 182. The van der Waals surface area contributed by atoms with Gasteiger partial charge in [0.05, 0.1) is 13.2 Å². The predicted octanol–water partition coefficient (Wildman–Crippen LogP) is 0.563. The third-order valence-corrected chi connectivity index (χ3v) is 3.38. The molecule has 2 unspecified atom stereocenters. The van der Waals surface area contributed by atoms with Gasteiger partial charge in [-0.1, -0.05) is 0 Å². The van der Waals surface area contributed by atoms with Crippen LogP contribution in [0.25, 0.3) is 0 Å². The Hall–Kier alpha value is -0.120. The van der Waals surface area contributed by atoms with Crippen molar-refractivity contribution in [2.75, 3.05) is 40.4 Å². The third-order valence-electron chi connectivity index (χ3n) is 3.38. The van der Waals surface area contributed by atoms with E-state index in [4.69, 9.17) is 4.74 Å². The molecule has 2 atom stereocenters. The Morgan fingerprint density at radius 3 is 2.71 bits per heavy atom. The minimum atomic E-state index is 0.566. The molecular weight excluding hydrogens is 176 g/mol. The van der Waals surface area contributed by atoms with Gasteiger partial charge in [-0.25, -0.2) is 0 Å². The SMILES string of the molecule is CNC1COCC1CN(C)CC1CC1. The number of hydrogen-bond donors (Lipinski definition) is 1. The molecule has 0 aromatic rings. The van der Waals surface area contributed by atoms with Crippen LogP contribution in [0.1, 0.15) is 12.8 Å². The molecule has 2 fully saturated rings. The van der Waals surface area contributed by atoms with Crippen LogP contribution in [0.3, 0.4) is 0 Å². The van der Waals surface area contributed by atoms with Gasteiger partial charge in [-0.3, -0.25) is 0 Å². The topological polar surface area (TPSA) is 24.5 Å². The summed E-state index contributed by atoms with van der Waals surface area (Å²) in [6, 6.07) is 0.566. The fourth-order valence-electron chi connectivity index (χ4n) is 2.31. The zero-order valence-corrected chi connectivity index (χ0v) is 9.33. The van der Waals surface area contributed by atoms with Crippen molar-refractivity contribution in [3.8, 4) is 0 Å². The molecule has 2 aliphatic rings. The minimum Gasteiger partial charge on any atom is -0.379 e. The Labute approximate surface area is 86.8 Å². The maximum atomic E-state index is 5.49. The van der Waals surface area contributed by atoms with Gasteiger partial charge in [-0.05, 0) is 32.9 Å². The second-order valence-electron chi connectivity index (χ2n) is 4.86. The number of nitrogens with zero attached hydrogens (tertiary/aromatic N) is 1. The van der Waals surface area contributed by atoms with E-state index in [0.717, 1.165) is 19.1 Å². The number of hydrogen-bond acceptors (Lipinski definition) is 3. The molecule has 1 aliphatic carbocycles. The summed E-state index contributed by atoms with van der Waals surface area (Å²) in [5.41, 5.74) is 0. The molecule has 1 saturated carbocycles. The van der Waals surface area contributed by atoms with E-state index in [0.29, 0.717) is 12.0 Å². The first-order valence-electron chi connectivity index (χ1n) is 5.73. The minimum absolute atomic E-state index is 0.566. The molecule has 14 heavy (non-hydrogen) atoms. The summed E-state index contributed by atoms with van der Waals surface area (Å²) in [5, 5.41) is 3.34. The maximum Gasteiger partial charge on any atom is 0.0623 e. The second kappa shape index (κ2) is 4.60. The van der Waals surface area contributed by atoms with E-state index >= 15 is 0 Å². The number of nitrogens with one attached hydrogen (secondary N) is 1. The molecule has 1 heterocycles. The zero-order chi connectivity index (χ0) is 9.97. The van der Waals surface area contributed by atoms with E-state index in [1.54, 1.807) is 0 Å². The van der Waals surface area contributed by atoms with Crippen LogP contribution >= 0.6 is 0 Å². The van der Waals surface area contributed by atoms with E-state index < -0.39 is 0 Å². The average molecular weight is 198 g/mol. The molecule has 1 saturated heterocycles. The van der Waals surface area contributed by atoms with Crippen LogP contribution in [0.15, 0.2) is 0 Å². The summed E-state index contributed by atoms with van der Waals surface area (Å²) in [4.78, 5) is 2.47. The van der Waals surface area contributed by atoms with Gasteiger partial charge in [-0.15, -0.1) is 0 Å². The lowest BCUT2D eigenvalue weighted by atomic mass is 10.0. The van der Waals surface area contributed by atoms with E-state index in [-0.39, 0.29) is 0 Å². The van der Waals surface area contributed by atoms with E-state index in [2.05, 4.69) is 17.3 Å². The third kappa shape index (κ3) is 2.69. The van der Waals surface area contributed by atoms with Gasteiger partial charge >= 0.3 is 0 Å². The van der Waals surface area contributed by atoms with Crippen LogP contribution < -0.4 is 5.32 Å². The molecule has 82 valence electrons. The molecule has 2 rings (SSSR count). The normalized spacial score (nSPS) is 32.8. The van der Waals surface area contributed by atoms with Crippen molar-refractivity contribution in [2.24, 2.45) is 11.8 Å². The lowest BCUT2D eigenvalue weighted by Gasteiger charge is -2.23. The van der Waals surface area contributed by atoms with Crippen molar-refractivity contribution in [2.45, 2.75) is 18.9 Å². The van der Waals surface area contributed by atoms with Crippen molar-refractivity contribution in [3.05, 3.63) is 0 Å². The summed E-state index contributed by atoms with van der Waals surface area (Å²) in [6.45, 7) is 4.29. The molecule has 0 amide bonds. The number of rotatable bonds is 5. The van der Waals surface area contributed by atoms with Crippen molar-refractivity contribution < 1.29 is 4.74 Å². The Balaban J connectivity index is 1.71. The van der Waals surface area contributed by atoms with Crippen LogP contribution in [0.4, 0.5) is 0 Å². The van der Waals surface area contributed by atoms with Crippen LogP contribution in [-0.2, 0) is 4.74 Å². The van der Waals surface area contributed by atoms with Crippen LogP contribution in [-0.4, -0.2) is 51.3 Å². The Kier molecular flexibility index (Phi) is 3.42. The van der Waals surface area contributed by atoms with Crippen molar-refractivity contribution >= 4 is 0 Å². The van der Waals surface area contributed by atoms with Crippen molar-refractivity contribution in [1.29, 1.82) is 0 Å². The highest BCUT2D eigenvalue weighted by Crippen LogP contribution is 2.29. The van der Waals surface area contributed by atoms with Gasteiger partial charge in [0.15, 0.2) is 0 Å². The first-order chi connectivity index (χ1) is 6.79. The average Bonchev–Trinajstić information content (AvgIpc) is 2.84. The van der Waals surface area contributed by atoms with Crippen molar-refractivity contribution in [1.82, 2.24) is 10.2 Å². The van der Waals surface area contributed by atoms with Gasteiger partial charge in [-0.2, -0.15) is 0 Å². The molecule has 3 heteroatoms. The molecular formula is C11H22N2O. The molecule has 0 aromatic carbocycles. The molecule has 0 bridgehead atoms. The molecule has 1 aliphatic heterocycles. The fourth-order valence-corrected chi connectivity index (χ4v) is 2.31. The monoisotopic (exact) mass is 198 g/mol. The van der Waals surface area contributed by atoms with Gasteiger partial charge < -0.3 is 15.0 Å². The molecule has 0 spiro atoms. The molecule has 3 nitrogen and oxygen atoms in total. The Morgan fingerprint density at radius 2 is 2.07 bits per heavy atom. The lowest BCUT2D eigenvalue weighted by Crippen LogP contribution is -2.39. The van der Waals surface area contributed by atoms with Crippen LogP contribution in [0, 0.1) is 11.8 Å². The standard InChI is InChI=1S/C11H22N2O/c1-12-11-8-14-7-10(11)6-13(2)5-9-3-4-9/h9-12H,3-8H2,1-2H3. The zero-order valence-electron chi connectivity index (χ0n) is 9.33. The highest BCUT2D eigenvalue weighted by molar-refractivity contribution is 4.83. The van der Waals surface area contributed by atoms with Gasteiger partial charge in [0.1, 0.15) is 0 Å². The molecule has 0 aromatic heterocycles. The number of likely N-dealkylation sites (N-methyl/N-ethyl adjacent to an activating group) is 1. The summed E-state index contributed by atoms with van der Waals surface area (Å²) >= 11 is 0. The maximum absolute atomic E-state index is 5.49. The fraction of sp³-hybridized carbons (Fsp3) is 1.00. The van der Waals surface area contributed by atoms with Crippen LogP contribution in [0.2, 0.25) is 0 Å². The smallest absolute Gasteiger partial charge is 0.0623 e. The second-order valence-corrected chi connectivity index (χ2v) is 4.86. The lowest BCUT2D eigenvalue weighted by molar-refractivity contribution is 0.172. The largest absolute Gasteiger partial charge is 0.379 e. The first kappa shape index (κ1) is 10.4. The summed E-state index contributed by atoms with van der Waals surface area (Å²) in [5.74, 6) is 1.68. The highest BCUT2D eigenvalue weighted by atomic mass is 16.5. The molecule has 0 radical (unpaired) electrons. The van der Waals surface area contributed by atoms with Crippen LogP contribution in [0.5, 0.6) is 0 Å². The molecule has 1 N–H and O–H groups in total. The van der Waals surface area contributed by atoms with Crippen molar-refractivity contribution in [3.63, 3.8) is 0 Å². The quantitative estimate of drug-likeness (QED) is 0.699. The number of ether oxygens (including phenoxy) is 1. The summed E-state index contributed by atoms with van der Waals surface area (Å²) < 4.78 is 5.49. The van der Waals surface area contributed by atoms with Gasteiger partial charge in [0, 0.05) is 25.0 Å². The highest BCUT2D eigenvalue weighted by Gasteiger charge is 2.29. The summed E-state index contributed by atoms with van der Waals surface area (Å²) in [6.07, 6.45) is 2.89. The van der Waals surface area contributed by atoms with Gasteiger partial charge in [0.25, 0.3) is 0 Å².